The normalized spacial score (nSPS) is 15.3. The van der Waals surface area contributed by atoms with Crippen LogP contribution in [0.4, 0.5) is 0 Å². The van der Waals surface area contributed by atoms with Crippen molar-refractivity contribution in [2.24, 2.45) is 0 Å². The Hall–Kier alpha value is -2.56. The zero-order chi connectivity index (χ0) is 19.2. The van der Waals surface area contributed by atoms with Gasteiger partial charge in [-0.2, -0.15) is 0 Å². The summed E-state index contributed by atoms with van der Waals surface area (Å²) in [5, 5.41) is 1.93. The summed E-state index contributed by atoms with van der Waals surface area (Å²) in [7, 11) is 0. The third kappa shape index (κ3) is 5.00. The molecule has 0 saturated carbocycles. The van der Waals surface area contributed by atoms with E-state index >= 15 is 0 Å². The standard InChI is InChI=1S/C17H14N4O3S3/c22-14(19-20-15(23)11-3-1-6-18-10-11)5-7-21-16(24)13(27-17(21)25)9-12-4-2-8-26-12/h1-4,6,8-10H,5,7H2,(H,19,22)(H,20,23). The molecule has 1 aliphatic heterocycles. The topological polar surface area (TPSA) is 91.4 Å². The summed E-state index contributed by atoms with van der Waals surface area (Å²) in [5.41, 5.74) is 4.95. The Morgan fingerprint density at radius 1 is 1.26 bits per heavy atom. The SMILES string of the molecule is O=C(CCN1C(=O)C(=Cc2cccs2)SC1=S)NNC(=O)c1cccnc1. The molecule has 0 spiro atoms. The molecule has 2 aromatic rings. The number of nitrogens with zero attached hydrogens (tertiary/aromatic N) is 2. The van der Waals surface area contributed by atoms with Crippen LogP contribution in [0.5, 0.6) is 0 Å². The van der Waals surface area contributed by atoms with E-state index in [1.54, 1.807) is 24.4 Å². The van der Waals surface area contributed by atoms with E-state index in [9.17, 15) is 14.4 Å². The molecule has 2 aromatic heterocycles. The molecule has 10 heteroatoms. The van der Waals surface area contributed by atoms with Crippen LogP contribution in [0.2, 0.25) is 0 Å². The van der Waals surface area contributed by atoms with Crippen LogP contribution in [0.1, 0.15) is 21.7 Å². The molecule has 1 saturated heterocycles. The quantitative estimate of drug-likeness (QED) is 0.439. The lowest BCUT2D eigenvalue weighted by molar-refractivity contribution is -0.124. The second-order valence-electron chi connectivity index (χ2n) is 5.34. The minimum absolute atomic E-state index is 0.00599. The molecule has 7 nitrogen and oxygen atoms in total. The Morgan fingerprint density at radius 2 is 2.11 bits per heavy atom. The number of nitrogens with one attached hydrogen (secondary N) is 2. The Labute approximate surface area is 168 Å². The average molecular weight is 419 g/mol. The van der Waals surface area contributed by atoms with Crippen LogP contribution >= 0.6 is 35.3 Å². The molecule has 3 amide bonds. The van der Waals surface area contributed by atoms with E-state index in [2.05, 4.69) is 15.8 Å². The van der Waals surface area contributed by atoms with Gasteiger partial charge < -0.3 is 0 Å². The molecule has 0 aromatic carbocycles. The van der Waals surface area contributed by atoms with Crippen molar-refractivity contribution in [2.45, 2.75) is 6.42 Å². The van der Waals surface area contributed by atoms with Gasteiger partial charge in [-0.05, 0) is 29.7 Å². The number of thioether (sulfide) groups is 1. The molecule has 0 radical (unpaired) electrons. The molecule has 1 aliphatic rings. The van der Waals surface area contributed by atoms with Gasteiger partial charge in [-0.15, -0.1) is 11.3 Å². The van der Waals surface area contributed by atoms with Crippen molar-refractivity contribution in [1.29, 1.82) is 0 Å². The van der Waals surface area contributed by atoms with Crippen LogP contribution in [-0.2, 0) is 9.59 Å². The third-order valence-corrected chi connectivity index (χ3v) is 5.69. The maximum atomic E-state index is 12.5. The van der Waals surface area contributed by atoms with Crippen LogP contribution in [0, 0.1) is 0 Å². The van der Waals surface area contributed by atoms with Gasteiger partial charge in [-0.25, -0.2) is 0 Å². The summed E-state index contributed by atoms with van der Waals surface area (Å²) in [6.45, 7) is 0.140. The van der Waals surface area contributed by atoms with Gasteiger partial charge in [-0.3, -0.25) is 35.1 Å². The Morgan fingerprint density at radius 3 is 2.81 bits per heavy atom. The average Bonchev–Trinajstić information content (AvgIpc) is 3.28. The van der Waals surface area contributed by atoms with E-state index in [4.69, 9.17) is 12.2 Å². The van der Waals surface area contributed by atoms with Crippen molar-refractivity contribution in [3.63, 3.8) is 0 Å². The highest BCUT2D eigenvalue weighted by molar-refractivity contribution is 8.26. The lowest BCUT2D eigenvalue weighted by Gasteiger charge is -2.14. The van der Waals surface area contributed by atoms with Crippen molar-refractivity contribution < 1.29 is 14.4 Å². The number of thiophene rings is 1. The molecule has 0 unspecified atom stereocenters. The molecule has 0 atom stereocenters. The molecule has 2 N–H and O–H groups in total. The number of carbonyl (C=O) groups is 3. The molecular weight excluding hydrogens is 404 g/mol. The Kier molecular flexibility index (Phi) is 6.32. The van der Waals surface area contributed by atoms with Crippen molar-refractivity contribution in [3.05, 3.63) is 57.4 Å². The van der Waals surface area contributed by atoms with Crippen molar-refractivity contribution >= 4 is 63.4 Å². The predicted molar refractivity (Wildman–Crippen MR) is 109 cm³/mol. The zero-order valence-corrected chi connectivity index (χ0v) is 16.3. The fourth-order valence-corrected chi connectivity index (χ4v) is 4.20. The Bertz CT molecular complexity index is 897. The lowest BCUT2D eigenvalue weighted by Crippen LogP contribution is -2.43. The van der Waals surface area contributed by atoms with E-state index in [0.29, 0.717) is 14.8 Å². The van der Waals surface area contributed by atoms with Crippen LogP contribution in [0.25, 0.3) is 6.08 Å². The predicted octanol–water partition coefficient (Wildman–Crippen LogP) is 2.20. The maximum absolute atomic E-state index is 12.5. The first-order valence-electron chi connectivity index (χ1n) is 7.82. The van der Waals surface area contributed by atoms with Crippen LogP contribution < -0.4 is 10.9 Å². The van der Waals surface area contributed by atoms with E-state index in [1.807, 2.05) is 17.5 Å². The van der Waals surface area contributed by atoms with Gasteiger partial charge in [0.1, 0.15) is 4.32 Å². The van der Waals surface area contributed by atoms with E-state index in [1.165, 1.54) is 34.2 Å². The number of hydrazine groups is 1. The van der Waals surface area contributed by atoms with Crippen molar-refractivity contribution in [3.8, 4) is 0 Å². The maximum Gasteiger partial charge on any atom is 0.271 e. The number of hydrogen-bond acceptors (Lipinski definition) is 7. The fraction of sp³-hybridized carbons (Fsp3) is 0.118. The van der Waals surface area contributed by atoms with Gasteiger partial charge >= 0.3 is 0 Å². The first kappa shape index (κ1) is 19.2. The largest absolute Gasteiger partial charge is 0.292 e. The fourth-order valence-electron chi connectivity index (χ4n) is 2.17. The minimum Gasteiger partial charge on any atom is -0.292 e. The highest BCUT2D eigenvalue weighted by atomic mass is 32.2. The summed E-state index contributed by atoms with van der Waals surface area (Å²) < 4.78 is 0.412. The van der Waals surface area contributed by atoms with Crippen LogP contribution in [0.3, 0.4) is 0 Å². The lowest BCUT2D eigenvalue weighted by atomic mass is 10.3. The number of carbonyl (C=O) groups excluding carboxylic acids is 3. The van der Waals surface area contributed by atoms with Gasteiger partial charge in [0.05, 0.1) is 10.5 Å². The number of aromatic nitrogens is 1. The Balaban J connectivity index is 1.49. The summed E-state index contributed by atoms with van der Waals surface area (Å²) in [4.78, 5) is 43.0. The molecule has 3 rings (SSSR count). The smallest absolute Gasteiger partial charge is 0.271 e. The number of hydrogen-bond donors (Lipinski definition) is 2. The number of pyridine rings is 1. The van der Waals surface area contributed by atoms with E-state index in [-0.39, 0.29) is 18.9 Å². The second kappa shape index (κ2) is 8.89. The van der Waals surface area contributed by atoms with E-state index < -0.39 is 11.8 Å². The van der Waals surface area contributed by atoms with Crippen LogP contribution in [-0.4, -0.2) is 38.5 Å². The van der Waals surface area contributed by atoms with Crippen molar-refractivity contribution in [2.75, 3.05) is 6.54 Å². The van der Waals surface area contributed by atoms with Gasteiger partial charge in [-0.1, -0.05) is 30.0 Å². The molecule has 27 heavy (non-hydrogen) atoms. The molecule has 3 heterocycles. The first-order chi connectivity index (χ1) is 13.0. The van der Waals surface area contributed by atoms with Crippen LogP contribution in [0.15, 0.2) is 46.9 Å². The highest BCUT2D eigenvalue weighted by Gasteiger charge is 2.32. The summed E-state index contributed by atoms with van der Waals surface area (Å²) >= 11 is 7.98. The molecule has 138 valence electrons. The monoisotopic (exact) mass is 418 g/mol. The van der Waals surface area contributed by atoms with Gasteiger partial charge in [0.15, 0.2) is 0 Å². The zero-order valence-electron chi connectivity index (χ0n) is 13.9. The summed E-state index contributed by atoms with van der Waals surface area (Å²) in [6, 6.07) is 7.01. The van der Waals surface area contributed by atoms with Crippen molar-refractivity contribution in [1.82, 2.24) is 20.7 Å². The number of thiocarbonyl (C=S) groups is 1. The summed E-state index contributed by atoms with van der Waals surface area (Å²) in [6.07, 6.45) is 4.73. The molecular formula is C17H14N4O3S3. The summed E-state index contributed by atoms with van der Waals surface area (Å²) in [5.74, 6) is -1.12. The molecule has 1 fully saturated rings. The minimum atomic E-state index is -0.471. The highest BCUT2D eigenvalue weighted by Crippen LogP contribution is 2.33. The molecule has 0 bridgehead atoms. The van der Waals surface area contributed by atoms with E-state index in [0.717, 1.165) is 4.88 Å². The van der Waals surface area contributed by atoms with Gasteiger partial charge in [0, 0.05) is 30.2 Å². The second-order valence-corrected chi connectivity index (χ2v) is 8.00. The van der Waals surface area contributed by atoms with Gasteiger partial charge in [0.2, 0.25) is 5.91 Å². The first-order valence-corrected chi connectivity index (χ1v) is 9.93. The third-order valence-electron chi connectivity index (χ3n) is 3.49. The molecule has 0 aliphatic carbocycles. The van der Waals surface area contributed by atoms with Gasteiger partial charge in [0.25, 0.3) is 11.8 Å². The number of rotatable bonds is 5. The number of amides is 3.